The SMILES string of the molecule is NCC1CCCN1S(=O)(=O)c1cccc(F)c1. The van der Waals surface area contributed by atoms with Gasteiger partial charge in [-0.15, -0.1) is 0 Å². The van der Waals surface area contributed by atoms with Crippen LogP contribution < -0.4 is 5.73 Å². The molecule has 1 aliphatic rings. The number of benzene rings is 1. The van der Waals surface area contributed by atoms with E-state index < -0.39 is 15.8 Å². The van der Waals surface area contributed by atoms with E-state index in [0.29, 0.717) is 13.1 Å². The molecule has 1 saturated heterocycles. The van der Waals surface area contributed by atoms with Gasteiger partial charge in [0.15, 0.2) is 0 Å². The fraction of sp³-hybridized carbons (Fsp3) is 0.455. The van der Waals surface area contributed by atoms with Crippen LogP contribution in [0.15, 0.2) is 29.2 Å². The Morgan fingerprint density at radius 3 is 2.88 bits per heavy atom. The Labute approximate surface area is 100 Å². The summed E-state index contributed by atoms with van der Waals surface area (Å²) in [5.74, 6) is -0.547. The van der Waals surface area contributed by atoms with Crippen molar-refractivity contribution in [1.29, 1.82) is 0 Å². The number of halogens is 1. The number of sulfonamides is 1. The molecular weight excluding hydrogens is 243 g/mol. The molecule has 0 radical (unpaired) electrons. The minimum absolute atomic E-state index is 0.00199. The fourth-order valence-electron chi connectivity index (χ4n) is 2.12. The van der Waals surface area contributed by atoms with Crippen molar-refractivity contribution >= 4 is 10.0 Å². The van der Waals surface area contributed by atoms with E-state index in [1.165, 1.54) is 22.5 Å². The van der Waals surface area contributed by atoms with Crippen LogP contribution in [-0.4, -0.2) is 31.9 Å². The van der Waals surface area contributed by atoms with Crippen molar-refractivity contribution in [3.05, 3.63) is 30.1 Å². The zero-order valence-electron chi connectivity index (χ0n) is 9.34. The third kappa shape index (κ3) is 2.34. The van der Waals surface area contributed by atoms with Crippen molar-refractivity contribution in [1.82, 2.24) is 4.31 Å². The standard InChI is InChI=1S/C11H15FN2O2S/c12-9-3-1-5-11(7-9)17(15,16)14-6-2-4-10(14)8-13/h1,3,5,7,10H,2,4,6,8,13H2. The highest BCUT2D eigenvalue weighted by atomic mass is 32.2. The molecule has 0 saturated carbocycles. The van der Waals surface area contributed by atoms with Gasteiger partial charge in [-0.1, -0.05) is 6.07 Å². The summed E-state index contributed by atoms with van der Waals surface area (Å²) in [4.78, 5) is -0.00199. The Balaban J connectivity index is 2.36. The van der Waals surface area contributed by atoms with E-state index >= 15 is 0 Å². The maximum absolute atomic E-state index is 13.1. The molecule has 0 bridgehead atoms. The van der Waals surface area contributed by atoms with Gasteiger partial charge in [0.25, 0.3) is 0 Å². The van der Waals surface area contributed by atoms with Crippen LogP contribution in [0.1, 0.15) is 12.8 Å². The first kappa shape index (κ1) is 12.5. The van der Waals surface area contributed by atoms with Gasteiger partial charge in [-0.2, -0.15) is 4.31 Å². The molecule has 1 atom stereocenters. The largest absolute Gasteiger partial charge is 0.329 e. The van der Waals surface area contributed by atoms with Crippen LogP contribution in [0, 0.1) is 5.82 Å². The van der Waals surface area contributed by atoms with Crippen LogP contribution in [0.3, 0.4) is 0 Å². The first-order valence-corrected chi connectivity index (χ1v) is 6.97. The van der Waals surface area contributed by atoms with Crippen molar-refractivity contribution in [3.63, 3.8) is 0 Å². The molecule has 2 rings (SSSR count). The first-order chi connectivity index (χ1) is 8.05. The lowest BCUT2D eigenvalue weighted by Crippen LogP contribution is -2.39. The molecule has 0 amide bonds. The topological polar surface area (TPSA) is 63.4 Å². The Bertz CT molecular complexity index is 504. The molecule has 1 aromatic rings. The van der Waals surface area contributed by atoms with Gasteiger partial charge < -0.3 is 5.73 Å². The second-order valence-electron chi connectivity index (χ2n) is 4.10. The highest BCUT2D eigenvalue weighted by molar-refractivity contribution is 7.89. The average molecular weight is 258 g/mol. The molecule has 1 aliphatic heterocycles. The first-order valence-electron chi connectivity index (χ1n) is 5.53. The molecule has 17 heavy (non-hydrogen) atoms. The molecule has 1 aromatic carbocycles. The maximum atomic E-state index is 13.1. The molecule has 0 aliphatic carbocycles. The van der Waals surface area contributed by atoms with Crippen molar-refractivity contribution in [2.75, 3.05) is 13.1 Å². The Morgan fingerprint density at radius 2 is 2.24 bits per heavy atom. The lowest BCUT2D eigenvalue weighted by atomic mass is 10.2. The number of nitrogens with zero attached hydrogens (tertiary/aromatic N) is 1. The molecule has 1 heterocycles. The minimum atomic E-state index is -3.61. The summed E-state index contributed by atoms with van der Waals surface area (Å²) in [6, 6.07) is 4.91. The summed E-state index contributed by atoms with van der Waals surface area (Å²) in [5, 5.41) is 0. The van der Waals surface area contributed by atoms with Gasteiger partial charge in [-0.3, -0.25) is 0 Å². The fourth-order valence-corrected chi connectivity index (χ4v) is 3.86. The predicted molar refractivity (Wildman–Crippen MR) is 62.4 cm³/mol. The summed E-state index contributed by atoms with van der Waals surface area (Å²) < 4.78 is 39.0. The van der Waals surface area contributed by atoms with Gasteiger partial charge in [-0.05, 0) is 31.0 Å². The van der Waals surface area contributed by atoms with Crippen molar-refractivity contribution < 1.29 is 12.8 Å². The maximum Gasteiger partial charge on any atom is 0.243 e. The van der Waals surface area contributed by atoms with Gasteiger partial charge in [0.2, 0.25) is 10.0 Å². The number of hydrogen-bond acceptors (Lipinski definition) is 3. The molecule has 1 fully saturated rings. The molecule has 0 spiro atoms. The third-order valence-corrected chi connectivity index (χ3v) is 4.95. The van der Waals surface area contributed by atoms with E-state index in [2.05, 4.69) is 0 Å². The average Bonchev–Trinajstić information content (AvgIpc) is 2.77. The van der Waals surface area contributed by atoms with Gasteiger partial charge >= 0.3 is 0 Å². The summed E-state index contributed by atoms with van der Waals surface area (Å²) in [5.41, 5.74) is 5.55. The molecule has 1 unspecified atom stereocenters. The van der Waals surface area contributed by atoms with Crippen LogP contribution in [0.4, 0.5) is 4.39 Å². The van der Waals surface area contributed by atoms with Crippen molar-refractivity contribution in [2.24, 2.45) is 5.73 Å². The molecule has 0 aromatic heterocycles. The van der Waals surface area contributed by atoms with E-state index in [1.807, 2.05) is 0 Å². The van der Waals surface area contributed by atoms with Gasteiger partial charge in [0.1, 0.15) is 5.82 Å². The zero-order chi connectivity index (χ0) is 12.5. The van der Waals surface area contributed by atoms with Gasteiger partial charge in [0.05, 0.1) is 4.90 Å². The lowest BCUT2D eigenvalue weighted by molar-refractivity contribution is 0.393. The Kier molecular flexibility index (Phi) is 3.46. The summed E-state index contributed by atoms with van der Waals surface area (Å²) >= 11 is 0. The van der Waals surface area contributed by atoms with Crippen LogP contribution in [0.5, 0.6) is 0 Å². The summed E-state index contributed by atoms with van der Waals surface area (Å²) in [6.07, 6.45) is 1.57. The van der Waals surface area contributed by atoms with Crippen LogP contribution in [0.2, 0.25) is 0 Å². The second kappa shape index (κ2) is 4.72. The van der Waals surface area contributed by atoms with E-state index in [9.17, 15) is 12.8 Å². The molecule has 2 N–H and O–H groups in total. The minimum Gasteiger partial charge on any atom is -0.329 e. The van der Waals surface area contributed by atoms with E-state index in [-0.39, 0.29) is 10.9 Å². The van der Waals surface area contributed by atoms with Crippen LogP contribution >= 0.6 is 0 Å². The molecular formula is C11H15FN2O2S. The molecule has 4 nitrogen and oxygen atoms in total. The van der Waals surface area contributed by atoms with Crippen molar-refractivity contribution in [3.8, 4) is 0 Å². The highest BCUT2D eigenvalue weighted by Crippen LogP contribution is 2.25. The van der Waals surface area contributed by atoms with Gasteiger partial charge in [0, 0.05) is 19.1 Å². The number of rotatable bonds is 3. The predicted octanol–water partition coefficient (Wildman–Crippen LogP) is 0.937. The van der Waals surface area contributed by atoms with E-state index in [0.717, 1.165) is 18.9 Å². The quantitative estimate of drug-likeness (QED) is 0.877. The summed E-state index contributed by atoms with van der Waals surface area (Å²) in [7, 11) is -3.61. The van der Waals surface area contributed by atoms with Crippen LogP contribution in [-0.2, 0) is 10.0 Å². The van der Waals surface area contributed by atoms with E-state index in [1.54, 1.807) is 0 Å². The molecule has 6 heteroatoms. The zero-order valence-corrected chi connectivity index (χ0v) is 10.2. The number of hydrogen-bond donors (Lipinski definition) is 1. The van der Waals surface area contributed by atoms with Crippen LogP contribution in [0.25, 0.3) is 0 Å². The van der Waals surface area contributed by atoms with E-state index in [4.69, 9.17) is 5.73 Å². The van der Waals surface area contributed by atoms with Crippen molar-refractivity contribution in [2.45, 2.75) is 23.8 Å². The third-order valence-electron chi connectivity index (χ3n) is 3.00. The normalized spacial score (nSPS) is 21.9. The smallest absolute Gasteiger partial charge is 0.243 e. The second-order valence-corrected chi connectivity index (χ2v) is 6.00. The highest BCUT2D eigenvalue weighted by Gasteiger charge is 2.34. The van der Waals surface area contributed by atoms with Gasteiger partial charge in [-0.25, -0.2) is 12.8 Å². The monoisotopic (exact) mass is 258 g/mol. The Hall–Kier alpha value is -0.980. The summed E-state index contributed by atoms with van der Waals surface area (Å²) in [6.45, 7) is 0.759. The Morgan fingerprint density at radius 1 is 1.47 bits per heavy atom. The lowest BCUT2D eigenvalue weighted by Gasteiger charge is -2.22. The molecule has 94 valence electrons. The number of nitrogens with two attached hydrogens (primary N) is 1.